The number of carboxylic acids is 1. The first-order valence-electron chi connectivity index (χ1n) is 11.4. The fourth-order valence-electron chi connectivity index (χ4n) is 3.83. The largest absolute Gasteiger partial charge is 0.479 e. The number of rotatable bonds is 12. The molecule has 172 valence electrons. The third kappa shape index (κ3) is 7.58. The van der Waals surface area contributed by atoms with Gasteiger partial charge in [-0.15, -0.1) is 0 Å². The minimum atomic E-state index is -0.951. The van der Waals surface area contributed by atoms with Gasteiger partial charge in [-0.1, -0.05) is 84.9 Å². The van der Waals surface area contributed by atoms with Crippen molar-refractivity contribution in [1.29, 1.82) is 0 Å². The van der Waals surface area contributed by atoms with Crippen LogP contribution in [0.15, 0.2) is 84.9 Å². The van der Waals surface area contributed by atoms with Gasteiger partial charge in [0.25, 0.3) is 0 Å². The van der Waals surface area contributed by atoms with Crippen LogP contribution in [0.2, 0.25) is 0 Å². The molecular formula is C28H31NO4. The molecule has 0 radical (unpaired) electrons. The van der Waals surface area contributed by atoms with Gasteiger partial charge in [-0.2, -0.15) is 0 Å². The topological polar surface area (TPSA) is 75.6 Å². The summed E-state index contributed by atoms with van der Waals surface area (Å²) in [6.45, 7) is 2.66. The fourth-order valence-corrected chi connectivity index (χ4v) is 3.83. The first-order valence-corrected chi connectivity index (χ1v) is 11.4. The summed E-state index contributed by atoms with van der Waals surface area (Å²) in [5.41, 5.74) is 4.10. The van der Waals surface area contributed by atoms with Crippen molar-refractivity contribution in [1.82, 2.24) is 5.32 Å². The molecule has 2 N–H and O–H groups in total. The molecule has 1 amide bonds. The van der Waals surface area contributed by atoms with Crippen LogP contribution in [0.3, 0.4) is 0 Å². The standard InChI is InChI=1S/C28H31NO4/c1-2-33-26(28(31)32)19-22-15-13-21(14-16-22)17-18-25(24-11-7-4-8-12-24)27(30)29-20-23-9-5-3-6-10-23/h3-16,25-26H,2,17-20H2,1H3,(H,29,30)(H,31,32)/t25-,26+/m1/s1. The maximum Gasteiger partial charge on any atom is 0.333 e. The Bertz CT molecular complexity index is 1000. The quantitative estimate of drug-likeness (QED) is 0.422. The second-order valence-electron chi connectivity index (χ2n) is 8.01. The van der Waals surface area contributed by atoms with E-state index >= 15 is 0 Å². The Balaban J connectivity index is 1.63. The van der Waals surface area contributed by atoms with E-state index in [-0.39, 0.29) is 11.8 Å². The van der Waals surface area contributed by atoms with Gasteiger partial charge in [0, 0.05) is 19.6 Å². The van der Waals surface area contributed by atoms with E-state index in [0.717, 1.165) is 28.7 Å². The first-order chi connectivity index (χ1) is 16.1. The summed E-state index contributed by atoms with van der Waals surface area (Å²) < 4.78 is 5.30. The van der Waals surface area contributed by atoms with Gasteiger partial charge < -0.3 is 15.2 Å². The highest BCUT2D eigenvalue weighted by Crippen LogP contribution is 2.23. The lowest BCUT2D eigenvalue weighted by Crippen LogP contribution is -2.29. The van der Waals surface area contributed by atoms with Crippen LogP contribution < -0.4 is 5.32 Å². The lowest BCUT2D eigenvalue weighted by atomic mass is 9.91. The Hall–Kier alpha value is -3.44. The molecule has 5 heteroatoms. The van der Waals surface area contributed by atoms with Crippen molar-refractivity contribution >= 4 is 11.9 Å². The lowest BCUT2D eigenvalue weighted by Gasteiger charge is -2.18. The van der Waals surface area contributed by atoms with Crippen LogP contribution >= 0.6 is 0 Å². The number of carbonyl (C=O) groups is 2. The predicted octanol–water partition coefficient (Wildman–Crippen LogP) is 4.75. The highest BCUT2D eigenvalue weighted by atomic mass is 16.5. The Kier molecular flexibility index (Phi) is 9.21. The number of ether oxygens (including phenoxy) is 1. The molecule has 0 saturated carbocycles. The van der Waals surface area contributed by atoms with Gasteiger partial charge in [0.05, 0.1) is 5.92 Å². The number of carboxylic acid groups (broad SMARTS) is 1. The zero-order valence-electron chi connectivity index (χ0n) is 18.9. The van der Waals surface area contributed by atoms with Crippen molar-refractivity contribution in [3.8, 4) is 0 Å². The number of aliphatic carboxylic acids is 1. The third-order valence-corrected chi connectivity index (χ3v) is 5.64. The Morgan fingerprint density at radius 3 is 2.06 bits per heavy atom. The fraction of sp³-hybridized carbons (Fsp3) is 0.286. The van der Waals surface area contributed by atoms with E-state index < -0.39 is 12.1 Å². The van der Waals surface area contributed by atoms with Gasteiger partial charge in [-0.05, 0) is 42.0 Å². The molecule has 0 heterocycles. The second kappa shape index (κ2) is 12.6. The van der Waals surface area contributed by atoms with Crippen molar-refractivity contribution in [2.45, 2.75) is 44.8 Å². The van der Waals surface area contributed by atoms with E-state index in [1.165, 1.54) is 0 Å². The Morgan fingerprint density at radius 1 is 0.848 bits per heavy atom. The number of amides is 1. The van der Waals surface area contributed by atoms with Crippen molar-refractivity contribution < 1.29 is 19.4 Å². The molecule has 0 unspecified atom stereocenters. The predicted molar refractivity (Wildman–Crippen MR) is 129 cm³/mol. The zero-order chi connectivity index (χ0) is 23.5. The van der Waals surface area contributed by atoms with Crippen molar-refractivity contribution in [2.75, 3.05) is 6.61 Å². The number of nitrogens with one attached hydrogen (secondary N) is 1. The molecule has 33 heavy (non-hydrogen) atoms. The normalized spacial score (nSPS) is 12.6. The van der Waals surface area contributed by atoms with E-state index in [4.69, 9.17) is 4.74 Å². The summed E-state index contributed by atoms with van der Waals surface area (Å²) in [4.78, 5) is 24.4. The van der Waals surface area contributed by atoms with Gasteiger partial charge in [-0.25, -0.2) is 4.79 Å². The van der Waals surface area contributed by atoms with Crippen LogP contribution in [0.25, 0.3) is 0 Å². The first kappa shape index (κ1) is 24.2. The Morgan fingerprint density at radius 2 is 1.45 bits per heavy atom. The zero-order valence-corrected chi connectivity index (χ0v) is 18.9. The molecule has 0 aliphatic heterocycles. The van der Waals surface area contributed by atoms with Crippen LogP contribution in [-0.4, -0.2) is 29.7 Å². The molecule has 3 aromatic rings. The van der Waals surface area contributed by atoms with Gasteiger partial charge in [0.2, 0.25) is 5.91 Å². The summed E-state index contributed by atoms with van der Waals surface area (Å²) in [5, 5.41) is 12.4. The Labute approximate surface area is 195 Å². The minimum absolute atomic E-state index is 0.0164. The molecule has 0 aromatic heterocycles. The average Bonchev–Trinajstić information content (AvgIpc) is 2.85. The van der Waals surface area contributed by atoms with Crippen molar-refractivity contribution in [3.63, 3.8) is 0 Å². The molecule has 3 aromatic carbocycles. The summed E-state index contributed by atoms with van der Waals surface area (Å²) in [6, 6.07) is 27.6. The molecular weight excluding hydrogens is 414 g/mol. The number of benzene rings is 3. The van der Waals surface area contributed by atoms with E-state index in [1.807, 2.05) is 84.9 Å². The summed E-state index contributed by atoms with van der Waals surface area (Å²) in [7, 11) is 0. The highest BCUT2D eigenvalue weighted by Gasteiger charge is 2.21. The summed E-state index contributed by atoms with van der Waals surface area (Å²) in [6.07, 6.45) is 0.919. The molecule has 0 spiro atoms. The highest BCUT2D eigenvalue weighted by molar-refractivity contribution is 5.83. The number of hydrogen-bond donors (Lipinski definition) is 2. The molecule has 2 atom stereocenters. The summed E-state index contributed by atoms with van der Waals surface area (Å²) in [5.74, 6) is -1.18. The molecule has 0 aliphatic rings. The lowest BCUT2D eigenvalue weighted by molar-refractivity contribution is -0.149. The van der Waals surface area contributed by atoms with Gasteiger partial charge in [0.1, 0.15) is 0 Å². The van der Waals surface area contributed by atoms with E-state index in [9.17, 15) is 14.7 Å². The van der Waals surface area contributed by atoms with Gasteiger partial charge >= 0.3 is 5.97 Å². The maximum absolute atomic E-state index is 13.1. The van der Waals surface area contributed by atoms with E-state index in [2.05, 4.69) is 5.32 Å². The van der Waals surface area contributed by atoms with E-state index in [1.54, 1.807) is 6.92 Å². The summed E-state index contributed by atoms with van der Waals surface area (Å²) >= 11 is 0. The SMILES string of the molecule is CCO[C@@H](Cc1ccc(CC[C@@H](C(=O)NCc2ccccc2)c2ccccc2)cc1)C(=O)O. The van der Waals surface area contributed by atoms with Crippen LogP contribution in [0.1, 0.15) is 41.5 Å². The van der Waals surface area contributed by atoms with E-state index in [0.29, 0.717) is 26.0 Å². The molecule has 3 rings (SSSR count). The maximum atomic E-state index is 13.1. The number of carbonyl (C=O) groups excluding carboxylic acids is 1. The van der Waals surface area contributed by atoms with Crippen molar-refractivity contribution in [3.05, 3.63) is 107 Å². The monoisotopic (exact) mass is 445 g/mol. The molecule has 5 nitrogen and oxygen atoms in total. The average molecular weight is 446 g/mol. The van der Waals surface area contributed by atoms with Crippen LogP contribution in [0.4, 0.5) is 0 Å². The molecule has 0 fully saturated rings. The van der Waals surface area contributed by atoms with Crippen LogP contribution in [0, 0.1) is 0 Å². The molecule has 0 bridgehead atoms. The second-order valence-corrected chi connectivity index (χ2v) is 8.01. The number of hydrogen-bond acceptors (Lipinski definition) is 3. The van der Waals surface area contributed by atoms with Gasteiger partial charge in [-0.3, -0.25) is 4.79 Å². The smallest absolute Gasteiger partial charge is 0.333 e. The van der Waals surface area contributed by atoms with Gasteiger partial charge in [0.15, 0.2) is 6.10 Å². The molecule has 0 aliphatic carbocycles. The van der Waals surface area contributed by atoms with Crippen LogP contribution in [-0.2, 0) is 33.7 Å². The van der Waals surface area contributed by atoms with Crippen molar-refractivity contribution in [2.24, 2.45) is 0 Å². The third-order valence-electron chi connectivity index (χ3n) is 5.64. The minimum Gasteiger partial charge on any atom is -0.479 e. The van der Waals surface area contributed by atoms with Crippen LogP contribution in [0.5, 0.6) is 0 Å². The number of aryl methyl sites for hydroxylation is 1. The molecule has 0 saturated heterocycles.